The molecule has 1 atom stereocenters. The van der Waals surface area contributed by atoms with Gasteiger partial charge in [-0.1, -0.05) is 19.1 Å². The van der Waals surface area contributed by atoms with Crippen molar-refractivity contribution in [3.8, 4) is 0 Å². The van der Waals surface area contributed by atoms with E-state index in [1.54, 1.807) is 13.1 Å². The Hall–Kier alpha value is -3.13. The summed E-state index contributed by atoms with van der Waals surface area (Å²) in [6.07, 6.45) is 3.12. The summed E-state index contributed by atoms with van der Waals surface area (Å²) in [6.45, 7) is 2.22. The number of carbonyl (C=O) groups is 2. The zero-order chi connectivity index (χ0) is 21.4. The van der Waals surface area contributed by atoms with Crippen LogP contribution in [0, 0.1) is 5.92 Å². The minimum absolute atomic E-state index is 0.171. The van der Waals surface area contributed by atoms with Crippen molar-refractivity contribution in [2.24, 2.45) is 5.92 Å². The molecule has 7 nitrogen and oxygen atoms in total. The van der Waals surface area contributed by atoms with Crippen LogP contribution in [0.5, 0.6) is 0 Å². The van der Waals surface area contributed by atoms with Gasteiger partial charge in [-0.3, -0.25) is 4.90 Å². The maximum atomic E-state index is 12.9. The maximum absolute atomic E-state index is 12.9. The van der Waals surface area contributed by atoms with Gasteiger partial charge < -0.3 is 14.5 Å². The Balaban J connectivity index is 1.60. The summed E-state index contributed by atoms with van der Waals surface area (Å²) in [5.74, 6) is -0.169. The fraction of sp³-hybridized carbons (Fsp3) is 0.318. The van der Waals surface area contributed by atoms with Crippen LogP contribution in [-0.2, 0) is 17.6 Å². The van der Waals surface area contributed by atoms with Gasteiger partial charge in [-0.05, 0) is 48.4 Å². The molecule has 4 rings (SSSR count). The predicted octanol–water partition coefficient (Wildman–Crippen LogP) is 4.43. The first-order valence-corrected chi connectivity index (χ1v) is 10.5. The Kier molecular flexibility index (Phi) is 5.34. The number of esters is 1. The third-order valence-corrected chi connectivity index (χ3v) is 6.56. The van der Waals surface area contributed by atoms with E-state index in [4.69, 9.17) is 4.42 Å². The van der Waals surface area contributed by atoms with Crippen LogP contribution in [0.25, 0.3) is 10.3 Å². The van der Waals surface area contributed by atoms with E-state index >= 15 is 0 Å². The van der Waals surface area contributed by atoms with Gasteiger partial charge in [-0.15, -0.1) is 11.3 Å². The van der Waals surface area contributed by atoms with Gasteiger partial charge in [-0.25, -0.2) is 14.4 Å². The van der Waals surface area contributed by atoms with Crippen molar-refractivity contribution in [2.45, 2.75) is 26.2 Å². The quantitative estimate of drug-likeness (QED) is 0.626. The minimum Gasteiger partial charge on any atom is -0.465 e. The number of hydrogen-bond acceptors (Lipinski definition) is 6. The topological polar surface area (TPSA) is 88.8 Å². The molecule has 1 aliphatic rings. The molecule has 2 aromatic heterocycles. The van der Waals surface area contributed by atoms with Crippen LogP contribution in [0.4, 0.5) is 15.5 Å². The molecule has 0 spiro atoms. The van der Waals surface area contributed by atoms with Crippen molar-refractivity contribution in [3.05, 3.63) is 57.4 Å². The molecular formula is C22H22N2O5S. The minimum atomic E-state index is -0.768. The van der Waals surface area contributed by atoms with E-state index < -0.39 is 11.6 Å². The summed E-state index contributed by atoms with van der Waals surface area (Å²) in [4.78, 5) is 38.1. The van der Waals surface area contributed by atoms with E-state index in [0.717, 1.165) is 24.9 Å². The molecule has 8 heteroatoms. The van der Waals surface area contributed by atoms with Gasteiger partial charge >= 0.3 is 17.6 Å². The molecule has 3 aromatic rings. The fourth-order valence-electron chi connectivity index (χ4n) is 3.70. The lowest BCUT2D eigenvalue weighted by molar-refractivity contribution is 0.0596. The first-order valence-electron chi connectivity index (χ1n) is 9.69. The molecule has 0 aliphatic heterocycles. The zero-order valence-corrected chi connectivity index (χ0v) is 17.8. The summed E-state index contributed by atoms with van der Waals surface area (Å²) in [5.41, 5.74) is 2.69. The van der Waals surface area contributed by atoms with Crippen molar-refractivity contribution < 1.29 is 18.7 Å². The van der Waals surface area contributed by atoms with Crippen LogP contribution in [0.1, 0.15) is 34.8 Å². The number of benzene rings is 1. The number of fused-ring (bicyclic) bond motifs is 2. The van der Waals surface area contributed by atoms with Gasteiger partial charge in [0.25, 0.3) is 0 Å². The number of amides is 2. The summed E-state index contributed by atoms with van der Waals surface area (Å²) in [7, 11) is 2.85. The summed E-state index contributed by atoms with van der Waals surface area (Å²) in [6, 6.07) is 8.77. The first kappa shape index (κ1) is 20.2. The lowest BCUT2D eigenvalue weighted by atomic mass is 9.84. The van der Waals surface area contributed by atoms with E-state index in [9.17, 15) is 14.4 Å². The van der Waals surface area contributed by atoms with Gasteiger partial charge in [0.2, 0.25) is 0 Å². The number of nitrogens with one attached hydrogen (secondary N) is 1. The molecule has 0 bridgehead atoms. The highest BCUT2D eigenvalue weighted by Gasteiger charge is 2.22. The Morgan fingerprint density at radius 3 is 2.87 bits per heavy atom. The monoisotopic (exact) mass is 426 g/mol. The lowest BCUT2D eigenvalue weighted by Gasteiger charge is -2.25. The molecule has 2 amide bonds. The van der Waals surface area contributed by atoms with Crippen LogP contribution in [-0.4, -0.2) is 26.2 Å². The molecule has 1 aliphatic carbocycles. The lowest BCUT2D eigenvalue weighted by Crippen LogP contribution is -2.31. The van der Waals surface area contributed by atoms with Crippen LogP contribution in [0.2, 0.25) is 0 Å². The molecule has 1 aromatic carbocycles. The number of aryl methyl sites for hydroxylation is 1. The van der Waals surface area contributed by atoms with E-state index in [1.807, 2.05) is 12.1 Å². The number of thiophene rings is 1. The third kappa shape index (κ3) is 3.70. The zero-order valence-electron chi connectivity index (χ0n) is 17.0. The number of carbonyl (C=O) groups excluding carboxylic acids is 2. The van der Waals surface area contributed by atoms with Gasteiger partial charge in [0.15, 0.2) is 5.58 Å². The second-order valence-corrected chi connectivity index (χ2v) is 8.59. The second-order valence-electron chi connectivity index (χ2n) is 7.53. The molecule has 0 radical (unpaired) electrons. The second kappa shape index (κ2) is 7.95. The molecule has 156 valence electrons. The van der Waals surface area contributed by atoms with Crippen LogP contribution < -0.4 is 15.8 Å². The Morgan fingerprint density at radius 1 is 1.30 bits per heavy atom. The summed E-state index contributed by atoms with van der Waals surface area (Å²) >= 11 is 1.25. The van der Waals surface area contributed by atoms with Crippen molar-refractivity contribution in [3.63, 3.8) is 0 Å². The molecule has 0 unspecified atom stereocenters. The summed E-state index contributed by atoms with van der Waals surface area (Å²) in [5, 5.41) is 3.60. The molecule has 2 heterocycles. The smallest absolute Gasteiger partial charge is 0.351 e. The number of nitrogens with zero attached hydrogens (tertiary/aromatic N) is 1. The number of anilines is 2. The highest BCUT2D eigenvalue weighted by atomic mass is 32.1. The van der Waals surface area contributed by atoms with E-state index in [2.05, 4.69) is 23.0 Å². The molecule has 0 saturated heterocycles. The number of hydrogen-bond donors (Lipinski definition) is 1. The van der Waals surface area contributed by atoms with Gasteiger partial charge in [-0.2, -0.15) is 0 Å². The largest absolute Gasteiger partial charge is 0.465 e. The Bertz CT molecular complexity index is 1200. The van der Waals surface area contributed by atoms with Crippen molar-refractivity contribution in [2.75, 3.05) is 24.4 Å². The highest BCUT2D eigenvalue weighted by molar-refractivity contribution is 7.22. The third-order valence-electron chi connectivity index (χ3n) is 5.42. The van der Waals surface area contributed by atoms with Gasteiger partial charge in [0.1, 0.15) is 10.6 Å². The molecule has 1 N–H and O–H groups in total. The molecular weight excluding hydrogens is 404 g/mol. The van der Waals surface area contributed by atoms with Crippen molar-refractivity contribution in [1.29, 1.82) is 0 Å². The van der Waals surface area contributed by atoms with Crippen molar-refractivity contribution in [1.82, 2.24) is 0 Å². The molecule has 0 saturated carbocycles. The van der Waals surface area contributed by atoms with Gasteiger partial charge in [0, 0.05) is 18.8 Å². The number of methoxy groups -OCH3 is 1. The highest BCUT2D eigenvalue weighted by Crippen LogP contribution is 2.34. The average Bonchev–Trinajstić information content (AvgIpc) is 3.15. The number of rotatable bonds is 3. The Morgan fingerprint density at radius 2 is 2.10 bits per heavy atom. The predicted molar refractivity (Wildman–Crippen MR) is 117 cm³/mol. The van der Waals surface area contributed by atoms with Gasteiger partial charge in [0.05, 0.1) is 11.8 Å². The average molecular weight is 426 g/mol. The van der Waals surface area contributed by atoms with E-state index in [0.29, 0.717) is 21.2 Å². The normalized spacial score (nSPS) is 15.5. The number of urea groups is 1. The maximum Gasteiger partial charge on any atom is 0.351 e. The van der Waals surface area contributed by atoms with Crippen LogP contribution in [0.3, 0.4) is 0 Å². The standard InChI is InChI=1S/C22H22N2O5S/c1-12-7-8-13-5-4-6-16(14(13)9-12)23-22(27)24(2)19-11-17-18(30-19)10-15(20(25)28-3)21(26)29-17/h4-6,10-12H,7-9H2,1-3H3,(H,23,27)/t12-/m0/s1. The van der Waals surface area contributed by atoms with Crippen LogP contribution in [0.15, 0.2) is 39.5 Å². The first-order chi connectivity index (χ1) is 14.4. The SMILES string of the molecule is COC(=O)c1cc2sc(N(C)C(=O)Nc3cccc4c3C[C@@H](C)CC4)cc2oc1=O. The fourth-order valence-corrected chi connectivity index (χ4v) is 4.69. The Labute approximate surface area is 177 Å². The van der Waals surface area contributed by atoms with E-state index in [1.165, 1.54) is 40.5 Å². The number of ether oxygens (including phenoxy) is 1. The van der Waals surface area contributed by atoms with E-state index in [-0.39, 0.29) is 11.6 Å². The molecule has 0 fully saturated rings. The molecule has 30 heavy (non-hydrogen) atoms. The van der Waals surface area contributed by atoms with Crippen LogP contribution >= 0.6 is 11.3 Å². The van der Waals surface area contributed by atoms with Crippen molar-refractivity contribution >= 4 is 44.3 Å². The summed E-state index contributed by atoms with van der Waals surface area (Å²) < 4.78 is 10.4.